The van der Waals surface area contributed by atoms with Crippen LogP contribution in [0.1, 0.15) is 5.56 Å². The van der Waals surface area contributed by atoms with Gasteiger partial charge in [-0.15, -0.1) is 0 Å². The highest BCUT2D eigenvalue weighted by Gasteiger charge is 2.26. The van der Waals surface area contributed by atoms with Gasteiger partial charge < -0.3 is 9.84 Å². The lowest BCUT2D eigenvalue weighted by Crippen LogP contribution is -2.11. The van der Waals surface area contributed by atoms with Gasteiger partial charge >= 0.3 is 5.97 Å². The van der Waals surface area contributed by atoms with Crippen LogP contribution in [0.3, 0.4) is 0 Å². The number of carbonyl (C=O) groups is 1. The zero-order valence-corrected chi connectivity index (χ0v) is 7.51. The van der Waals surface area contributed by atoms with Crippen LogP contribution in [0, 0.1) is 5.92 Å². The van der Waals surface area contributed by atoms with Crippen molar-refractivity contribution >= 4 is 5.97 Å². The molecule has 0 saturated heterocycles. The van der Waals surface area contributed by atoms with Crippen LogP contribution in [0.4, 0.5) is 0 Å². The van der Waals surface area contributed by atoms with E-state index in [1.165, 1.54) is 6.08 Å². The van der Waals surface area contributed by atoms with E-state index in [1.54, 1.807) is 0 Å². The molecule has 0 fully saturated rings. The van der Waals surface area contributed by atoms with Gasteiger partial charge in [0.15, 0.2) is 0 Å². The Bertz CT molecular complexity index is 367. The van der Waals surface area contributed by atoms with Gasteiger partial charge in [0, 0.05) is 6.08 Å². The zero-order chi connectivity index (χ0) is 9.97. The Morgan fingerprint density at radius 3 is 2.57 bits per heavy atom. The maximum atomic E-state index is 11.2. The number of rotatable bonds is 2. The Kier molecular flexibility index (Phi) is 2.23. The van der Waals surface area contributed by atoms with Crippen LogP contribution in [0.2, 0.25) is 0 Å². The van der Waals surface area contributed by atoms with Crippen molar-refractivity contribution in [1.29, 1.82) is 0 Å². The first-order valence-corrected chi connectivity index (χ1v) is 4.42. The second-order valence-corrected chi connectivity index (χ2v) is 3.22. The topological polar surface area (TPSA) is 46.5 Å². The predicted octanol–water partition coefficient (Wildman–Crippen LogP) is 1.80. The molecule has 0 saturated carbocycles. The second kappa shape index (κ2) is 3.54. The molecule has 1 aliphatic rings. The van der Waals surface area contributed by atoms with Gasteiger partial charge in [-0.2, -0.15) is 0 Å². The Morgan fingerprint density at radius 1 is 1.29 bits per heavy atom. The highest BCUT2D eigenvalue weighted by molar-refractivity contribution is 5.78. The number of ether oxygens (including phenoxy) is 1. The Morgan fingerprint density at radius 2 is 2.00 bits per heavy atom. The predicted molar refractivity (Wildman–Crippen MR) is 50.4 cm³/mol. The van der Waals surface area contributed by atoms with Crippen molar-refractivity contribution in [2.75, 3.05) is 0 Å². The van der Waals surface area contributed by atoms with Crippen molar-refractivity contribution in [3.05, 3.63) is 47.9 Å². The molecule has 1 heterocycles. The highest BCUT2D eigenvalue weighted by Crippen LogP contribution is 2.19. The maximum Gasteiger partial charge on any atom is 0.321 e. The largest absolute Gasteiger partial charge is 0.481 e. The molecule has 0 spiro atoms. The molecule has 1 atom stereocenters. The van der Waals surface area contributed by atoms with Crippen molar-refractivity contribution in [2.45, 2.75) is 6.42 Å². The summed E-state index contributed by atoms with van der Waals surface area (Å²) >= 11 is 0. The molecule has 0 bridgehead atoms. The van der Waals surface area contributed by atoms with E-state index >= 15 is 0 Å². The molecule has 3 heteroatoms. The third kappa shape index (κ3) is 1.76. The molecule has 72 valence electrons. The molecule has 0 aromatic heterocycles. The third-order valence-electron chi connectivity index (χ3n) is 2.15. The van der Waals surface area contributed by atoms with Crippen LogP contribution in [-0.2, 0) is 16.0 Å². The van der Waals surface area contributed by atoms with Crippen molar-refractivity contribution in [3.8, 4) is 0 Å². The number of cyclic esters (lactones) is 1. The minimum absolute atomic E-state index is 0.282. The Hall–Kier alpha value is -1.77. The standard InChI is InChI=1S/C11H10O3/c12-10-7-9(11(13)14-10)6-8-4-2-1-3-5-8/h1-5,7,9,12H,6H2/t9-/m0/s1. The smallest absolute Gasteiger partial charge is 0.321 e. The summed E-state index contributed by atoms with van der Waals surface area (Å²) < 4.78 is 4.52. The zero-order valence-electron chi connectivity index (χ0n) is 7.51. The minimum Gasteiger partial charge on any atom is -0.481 e. The molecule has 14 heavy (non-hydrogen) atoms. The fraction of sp³-hybridized carbons (Fsp3) is 0.182. The average molecular weight is 190 g/mol. The quantitative estimate of drug-likeness (QED) is 0.723. The Balaban J connectivity index is 2.09. The van der Waals surface area contributed by atoms with Crippen LogP contribution in [0.15, 0.2) is 42.4 Å². The van der Waals surface area contributed by atoms with Crippen molar-refractivity contribution < 1.29 is 14.6 Å². The molecule has 1 aromatic carbocycles. The number of carbonyl (C=O) groups excluding carboxylic acids is 1. The van der Waals surface area contributed by atoms with E-state index in [4.69, 9.17) is 5.11 Å². The molecule has 0 amide bonds. The molecular weight excluding hydrogens is 180 g/mol. The lowest BCUT2D eigenvalue weighted by molar-refractivity contribution is -0.142. The number of aliphatic hydroxyl groups excluding tert-OH is 1. The van der Waals surface area contributed by atoms with Gasteiger partial charge in [0.05, 0.1) is 5.92 Å². The molecule has 1 aromatic rings. The number of benzene rings is 1. The van der Waals surface area contributed by atoms with E-state index in [2.05, 4.69) is 4.74 Å². The van der Waals surface area contributed by atoms with E-state index < -0.39 is 0 Å². The fourth-order valence-corrected chi connectivity index (χ4v) is 1.46. The second-order valence-electron chi connectivity index (χ2n) is 3.22. The van der Waals surface area contributed by atoms with Crippen LogP contribution in [0.5, 0.6) is 0 Å². The minimum atomic E-state index is -0.383. The van der Waals surface area contributed by atoms with Gasteiger partial charge in [0.1, 0.15) is 0 Å². The Labute approximate surface area is 81.6 Å². The number of hydrogen-bond donors (Lipinski definition) is 1. The molecule has 1 N–H and O–H groups in total. The summed E-state index contributed by atoms with van der Waals surface area (Å²) in [5.74, 6) is -1.01. The summed E-state index contributed by atoms with van der Waals surface area (Å²) in [6, 6.07) is 9.63. The summed E-state index contributed by atoms with van der Waals surface area (Å²) in [7, 11) is 0. The molecular formula is C11H10O3. The van der Waals surface area contributed by atoms with Crippen LogP contribution >= 0.6 is 0 Å². The summed E-state index contributed by atoms with van der Waals surface area (Å²) in [6.07, 6.45) is 2.01. The SMILES string of the molecule is O=C1OC(O)=C[C@@H]1Cc1ccccc1. The molecule has 2 rings (SSSR count). The first kappa shape index (κ1) is 8.81. The van der Waals surface area contributed by atoms with Crippen molar-refractivity contribution in [3.63, 3.8) is 0 Å². The van der Waals surface area contributed by atoms with Crippen LogP contribution < -0.4 is 0 Å². The van der Waals surface area contributed by atoms with Gasteiger partial charge in [0.2, 0.25) is 0 Å². The van der Waals surface area contributed by atoms with Gasteiger partial charge in [0.25, 0.3) is 5.95 Å². The molecule has 3 nitrogen and oxygen atoms in total. The lowest BCUT2D eigenvalue weighted by atomic mass is 10.0. The molecule has 1 aliphatic heterocycles. The first-order valence-electron chi connectivity index (χ1n) is 4.42. The summed E-state index contributed by atoms with van der Waals surface area (Å²) in [4.78, 5) is 11.2. The van der Waals surface area contributed by atoms with Crippen LogP contribution in [0.25, 0.3) is 0 Å². The molecule has 0 unspecified atom stereocenters. The maximum absolute atomic E-state index is 11.2. The van der Waals surface area contributed by atoms with E-state index in [0.29, 0.717) is 6.42 Å². The van der Waals surface area contributed by atoms with E-state index in [-0.39, 0.29) is 17.8 Å². The normalized spacial score (nSPS) is 20.4. The summed E-state index contributed by atoms with van der Waals surface area (Å²) in [6.45, 7) is 0. The fourth-order valence-electron chi connectivity index (χ4n) is 1.46. The molecule has 0 aliphatic carbocycles. The van der Waals surface area contributed by atoms with E-state index in [1.807, 2.05) is 30.3 Å². The first-order chi connectivity index (χ1) is 6.75. The van der Waals surface area contributed by atoms with Crippen molar-refractivity contribution in [1.82, 2.24) is 0 Å². The average Bonchev–Trinajstić information content (AvgIpc) is 2.47. The van der Waals surface area contributed by atoms with E-state index in [9.17, 15) is 4.79 Å². The van der Waals surface area contributed by atoms with Gasteiger partial charge in [-0.05, 0) is 12.0 Å². The number of esters is 1. The summed E-state index contributed by atoms with van der Waals surface area (Å²) in [5.41, 5.74) is 1.06. The number of hydrogen-bond acceptors (Lipinski definition) is 3. The molecule has 0 radical (unpaired) electrons. The summed E-state index contributed by atoms with van der Waals surface area (Å²) in [5, 5.41) is 8.97. The van der Waals surface area contributed by atoms with Crippen LogP contribution in [-0.4, -0.2) is 11.1 Å². The van der Waals surface area contributed by atoms with Gasteiger partial charge in [-0.25, -0.2) is 0 Å². The van der Waals surface area contributed by atoms with Crippen molar-refractivity contribution in [2.24, 2.45) is 5.92 Å². The van der Waals surface area contributed by atoms with Gasteiger partial charge in [-0.3, -0.25) is 4.79 Å². The van der Waals surface area contributed by atoms with Gasteiger partial charge in [-0.1, -0.05) is 30.3 Å². The third-order valence-corrected chi connectivity index (χ3v) is 2.15. The lowest BCUT2D eigenvalue weighted by Gasteiger charge is -2.03. The number of aliphatic hydroxyl groups is 1. The highest BCUT2D eigenvalue weighted by atomic mass is 16.6. The van der Waals surface area contributed by atoms with E-state index in [0.717, 1.165) is 5.56 Å². The monoisotopic (exact) mass is 190 g/mol.